The van der Waals surface area contributed by atoms with Crippen LogP contribution in [0.1, 0.15) is 21.9 Å². The predicted molar refractivity (Wildman–Crippen MR) is 47.3 cm³/mol. The second-order valence-corrected chi connectivity index (χ2v) is 2.85. The highest BCUT2D eigenvalue weighted by molar-refractivity contribution is 5.92. The number of amides is 1. The Kier molecular flexibility index (Phi) is 2.72. The van der Waals surface area contributed by atoms with E-state index in [4.69, 9.17) is 9.25 Å². The number of hydrogen-bond acceptors (Lipinski definition) is 3. The lowest BCUT2D eigenvalue weighted by Crippen LogP contribution is -2.25. The van der Waals surface area contributed by atoms with Gasteiger partial charge in [0.1, 0.15) is 5.76 Å². The fourth-order valence-corrected chi connectivity index (χ4v) is 1.08. The molecular formula is C9H13NO3. The number of carbonyl (C=O) groups excluding carboxylic acids is 1. The van der Waals surface area contributed by atoms with E-state index in [1.165, 1.54) is 7.11 Å². The highest BCUT2D eigenvalue weighted by Gasteiger charge is 2.18. The van der Waals surface area contributed by atoms with Gasteiger partial charge in [0.2, 0.25) is 0 Å². The van der Waals surface area contributed by atoms with Gasteiger partial charge in [-0.3, -0.25) is 9.63 Å². The quantitative estimate of drug-likeness (QED) is 0.653. The molecule has 4 heteroatoms. The van der Waals surface area contributed by atoms with Crippen LogP contribution in [0.5, 0.6) is 0 Å². The minimum Gasteiger partial charge on any atom is -0.456 e. The lowest BCUT2D eigenvalue weighted by atomic mass is 10.2. The van der Waals surface area contributed by atoms with Gasteiger partial charge in [0, 0.05) is 12.6 Å². The van der Waals surface area contributed by atoms with Crippen LogP contribution in [0.2, 0.25) is 0 Å². The van der Waals surface area contributed by atoms with E-state index < -0.39 is 0 Å². The molecule has 4 nitrogen and oxygen atoms in total. The molecule has 0 bridgehead atoms. The largest absolute Gasteiger partial charge is 0.456 e. The minimum atomic E-state index is -0.270. The average molecular weight is 183 g/mol. The first-order chi connectivity index (χ1) is 6.06. The summed E-state index contributed by atoms with van der Waals surface area (Å²) in [7, 11) is 2.97. The Hall–Kier alpha value is -1.29. The van der Waals surface area contributed by atoms with E-state index in [1.807, 2.05) is 13.0 Å². The molecule has 1 aromatic heterocycles. The Labute approximate surface area is 77.0 Å². The molecule has 0 radical (unpaired) electrons. The molecule has 0 aliphatic rings. The molecule has 0 atom stereocenters. The molecule has 0 saturated heterocycles. The highest BCUT2D eigenvalue weighted by atomic mass is 16.7. The Bertz CT molecular complexity index is 317. The third-order valence-electron chi connectivity index (χ3n) is 1.80. The Morgan fingerprint density at radius 2 is 2.15 bits per heavy atom. The van der Waals surface area contributed by atoms with Crippen molar-refractivity contribution in [3.05, 3.63) is 23.2 Å². The third-order valence-corrected chi connectivity index (χ3v) is 1.80. The lowest BCUT2D eigenvalue weighted by Gasteiger charge is -2.11. The molecule has 0 aliphatic carbocycles. The molecule has 0 aromatic carbocycles. The average Bonchev–Trinajstić information content (AvgIpc) is 2.42. The van der Waals surface area contributed by atoms with Crippen molar-refractivity contribution in [2.75, 3.05) is 14.2 Å². The van der Waals surface area contributed by atoms with Gasteiger partial charge in [0.05, 0.1) is 7.11 Å². The normalized spacial score (nSPS) is 10.2. The van der Waals surface area contributed by atoms with Crippen LogP contribution in [0.3, 0.4) is 0 Å². The molecule has 13 heavy (non-hydrogen) atoms. The highest BCUT2D eigenvalue weighted by Crippen LogP contribution is 2.15. The molecule has 1 rings (SSSR count). The molecule has 1 heterocycles. The summed E-state index contributed by atoms with van der Waals surface area (Å²) < 4.78 is 5.23. The van der Waals surface area contributed by atoms with Crippen LogP contribution < -0.4 is 0 Å². The molecule has 0 spiro atoms. The summed E-state index contributed by atoms with van der Waals surface area (Å²) in [6, 6.07) is 1.82. The summed E-state index contributed by atoms with van der Waals surface area (Å²) in [6.45, 7) is 3.63. The van der Waals surface area contributed by atoms with E-state index in [2.05, 4.69) is 0 Å². The van der Waals surface area contributed by atoms with Gasteiger partial charge in [-0.25, -0.2) is 5.06 Å². The zero-order valence-corrected chi connectivity index (χ0v) is 8.25. The summed E-state index contributed by atoms with van der Waals surface area (Å²) in [5.41, 5.74) is 0.825. The number of aryl methyl sites for hydroxylation is 2. The first-order valence-corrected chi connectivity index (χ1v) is 3.95. The minimum absolute atomic E-state index is 0.270. The third kappa shape index (κ3) is 1.89. The van der Waals surface area contributed by atoms with E-state index >= 15 is 0 Å². The smallest absolute Gasteiger partial charge is 0.313 e. The topological polar surface area (TPSA) is 42.7 Å². The maximum absolute atomic E-state index is 11.5. The van der Waals surface area contributed by atoms with Crippen molar-refractivity contribution in [3.8, 4) is 0 Å². The van der Waals surface area contributed by atoms with E-state index in [9.17, 15) is 4.79 Å². The van der Waals surface area contributed by atoms with E-state index in [1.54, 1.807) is 14.0 Å². The molecular weight excluding hydrogens is 170 g/mol. The van der Waals surface area contributed by atoms with Crippen molar-refractivity contribution < 1.29 is 14.0 Å². The molecule has 72 valence electrons. The standard InChI is InChI=1S/C9H13NO3/c1-6-5-7(2)13-8(6)9(11)10(3)12-4/h5H,1-4H3. The summed E-state index contributed by atoms with van der Waals surface area (Å²) in [6.07, 6.45) is 0. The number of furan rings is 1. The van der Waals surface area contributed by atoms with Crippen LogP contribution >= 0.6 is 0 Å². The molecule has 0 fully saturated rings. The fourth-order valence-electron chi connectivity index (χ4n) is 1.08. The van der Waals surface area contributed by atoms with Crippen molar-refractivity contribution in [2.24, 2.45) is 0 Å². The summed E-state index contributed by atoms with van der Waals surface area (Å²) in [4.78, 5) is 16.3. The fraction of sp³-hybridized carbons (Fsp3) is 0.444. The number of hydrogen-bond donors (Lipinski definition) is 0. The summed E-state index contributed by atoms with van der Waals surface area (Å²) >= 11 is 0. The molecule has 1 aromatic rings. The van der Waals surface area contributed by atoms with Gasteiger partial charge < -0.3 is 4.42 Å². The van der Waals surface area contributed by atoms with E-state index in [0.29, 0.717) is 5.76 Å². The van der Waals surface area contributed by atoms with Crippen molar-refractivity contribution in [1.82, 2.24) is 5.06 Å². The summed E-state index contributed by atoms with van der Waals surface area (Å²) in [5.74, 6) is 0.792. The van der Waals surface area contributed by atoms with E-state index in [-0.39, 0.29) is 5.91 Å². The molecule has 0 aliphatic heterocycles. The maximum atomic E-state index is 11.5. The SMILES string of the molecule is CON(C)C(=O)c1oc(C)cc1C. The van der Waals surface area contributed by atoms with Crippen molar-refractivity contribution >= 4 is 5.91 Å². The number of nitrogens with zero attached hydrogens (tertiary/aromatic N) is 1. The van der Waals surface area contributed by atoms with Gasteiger partial charge in [0.25, 0.3) is 0 Å². The Morgan fingerprint density at radius 3 is 2.54 bits per heavy atom. The van der Waals surface area contributed by atoms with Gasteiger partial charge in [0.15, 0.2) is 5.76 Å². The molecule has 0 unspecified atom stereocenters. The summed E-state index contributed by atoms with van der Waals surface area (Å²) in [5, 5.41) is 1.13. The zero-order valence-electron chi connectivity index (χ0n) is 8.25. The van der Waals surface area contributed by atoms with Crippen LogP contribution in [0, 0.1) is 13.8 Å². The first-order valence-electron chi connectivity index (χ1n) is 3.95. The van der Waals surface area contributed by atoms with E-state index in [0.717, 1.165) is 16.4 Å². The van der Waals surface area contributed by atoms with Gasteiger partial charge in [-0.2, -0.15) is 0 Å². The number of carbonyl (C=O) groups is 1. The number of hydroxylamine groups is 2. The van der Waals surface area contributed by atoms with Gasteiger partial charge >= 0.3 is 5.91 Å². The Morgan fingerprint density at radius 1 is 1.54 bits per heavy atom. The van der Waals surface area contributed by atoms with Crippen LogP contribution in [0.25, 0.3) is 0 Å². The number of rotatable bonds is 2. The molecule has 0 N–H and O–H groups in total. The monoisotopic (exact) mass is 183 g/mol. The van der Waals surface area contributed by atoms with Crippen LogP contribution in [0.4, 0.5) is 0 Å². The first kappa shape index (κ1) is 9.80. The zero-order chi connectivity index (χ0) is 10.0. The van der Waals surface area contributed by atoms with Gasteiger partial charge in [-0.15, -0.1) is 0 Å². The van der Waals surface area contributed by atoms with Crippen LogP contribution in [0.15, 0.2) is 10.5 Å². The molecule has 0 saturated carbocycles. The second-order valence-electron chi connectivity index (χ2n) is 2.85. The van der Waals surface area contributed by atoms with Gasteiger partial charge in [-0.1, -0.05) is 0 Å². The van der Waals surface area contributed by atoms with Gasteiger partial charge in [-0.05, 0) is 19.9 Å². The van der Waals surface area contributed by atoms with Crippen molar-refractivity contribution in [2.45, 2.75) is 13.8 Å². The van der Waals surface area contributed by atoms with Crippen molar-refractivity contribution in [1.29, 1.82) is 0 Å². The van der Waals surface area contributed by atoms with Crippen LogP contribution in [-0.4, -0.2) is 25.1 Å². The second kappa shape index (κ2) is 3.62. The van der Waals surface area contributed by atoms with Crippen molar-refractivity contribution in [3.63, 3.8) is 0 Å². The molecule has 1 amide bonds. The van der Waals surface area contributed by atoms with Crippen LogP contribution in [-0.2, 0) is 4.84 Å². The lowest BCUT2D eigenvalue weighted by molar-refractivity contribution is -0.0774. The predicted octanol–water partition coefficient (Wildman–Crippen LogP) is 1.53. The Balaban J connectivity index is 2.94. The maximum Gasteiger partial charge on any atom is 0.313 e.